The van der Waals surface area contributed by atoms with Gasteiger partial charge in [-0.05, 0) is 6.42 Å². The molecule has 0 saturated carbocycles. The monoisotopic (exact) mass is 185 g/mol. The number of hydrogen-bond acceptors (Lipinski definition) is 3. The molecule has 74 valence electrons. The Labute approximate surface area is 77.3 Å². The minimum absolute atomic E-state index is 0.00463. The molecule has 1 heterocycles. The molecule has 1 rings (SSSR count). The van der Waals surface area contributed by atoms with Crippen LogP contribution >= 0.6 is 0 Å². The van der Waals surface area contributed by atoms with E-state index in [1.165, 1.54) is 0 Å². The topological polar surface area (TPSA) is 75.4 Å². The van der Waals surface area contributed by atoms with Crippen LogP contribution in [0.5, 0.6) is 0 Å². The Hall–Kier alpha value is -1.10. The van der Waals surface area contributed by atoms with Crippen molar-refractivity contribution in [1.29, 1.82) is 0 Å². The van der Waals surface area contributed by atoms with Gasteiger partial charge in [-0.3, -0.25) is 14.5 Å². The molecule has 0 aromatic heterocycles. The van der Waals surface area contributed by atoms with Crippen LogP contribution in [0.1, 0.15) is 13.3 Å². The molecule has 0 bridgehead atoms. The fourth-order valence-corrected chi connectivity index (χ4v) is 1.60. The van der Waals surface area contributed by atoms with Gasteiger partial charge in [0.05, 0.1) is 12.6 Å². The molecule has 1 aliphatic rings. The number of nitrogens with two attached hydrogens (primary N) is 1. The normalized spacial score (nSPS) is 24.1. The second kappa shape index (κ2) is 4.23. The van der Waals surface area contributed by atoms with Crippen LogP contribution in [0.2, 0.25) is 0 Å². The van der Waals surface area contributed by atoms with E-state index in [4.69, 9.17) is 5.73 Å². The lowest BCUT2D eigenvalue weighted by atomic mass is 10.1. The molecule has 1 saturated heterocycles. The Balaban J connectivity index is 2.59. The van der Waals surface area contributed by atoms with Gasteiger partial charge in [-0.2, -0.15) is 0 Å². The summed E-state index contributed by atoms with van der Waals surface area (Å²) in [6.45, 7) is 3.39. The lowest BCUT2D eigenvalue weighted by Crippen LogP contribution is -2.56. The van der Waals surface area contributed by atoms with E-state index in [2.05, 4.69) is 5.32 Å². The van der Waals surface area contributed by atoms with Crippen LogP contribution in [-0.4, -0.2) is 42.4 Å². The van der Waals surface area contributed by atoms with E-state index in [-0.39, 0.29) is 24.4 Å². The summed E-state index contributed by atoms with van der Waals surface area (Å²) >= 11 is 0. The van der Waals surface area contributed by atoms with Gasteiger partial charge >= 0.3 is 0 Å². The molecular weight excluding hydrogens is 170 g/mol. The first kappa shape index (κ1) is 9.98. The van der Waals surface area contributed by atoms with E-state index >= 15 is 0 Å². The molecule has 1 atom stereocenters. The highest BCUT2D eigenvalue weighted by atomic mass is 16.2. The molecule has 0 aromatic rings. The molecule has 1 aliphatic heterocycles. The number of hydrogen-bond donors (Lipinski definition) is 2. The predicted molar refractivity (Wildman–Crippen MR) is 47.9 cm³/mol. The number of rotatable bonds is 3. The number of carbonyl (C=O) groups excluding carboxylic acids is 2. The summed E-state index contributed by atoms with van der Waals surface area (Å²) in [6.07, 6.45) is 0.707. The van der Waals surface area contributed by atoms with E-state index in [9.17, 15) is 9.59 Å². The van der Waals surface area contributed by atoms with Crippen LogP contribution in [0.3, 0.4) is 0 Å². The molecule has 2 amide bonds. The first-order valence-corrected chi connectivity index (χ1v) is 4.45. The van der Waals surface area contributed by atoms with Crippen LogP contribution in [0.15, 0.2) is 0 Å². The van der Waals surface area contributed by atoms with Crippen LogP contribution in [0, 0.1) is 0 Å². The fourth-order valence-electron chi connectivity index (χ4n) is 1.60. The maximum absolute atomic E-state index is 11.3. The number of amides is 2. The van der Waals surface area contributed by atoms with Crippen molar-refractivity contribution in [1.82, 2.24) is 10.2 Å². The van der Waals surface area contributed by atoms with Crippen molar-refractivity contribution in [3.8, 4) is 0 Å². The highest BCUT2D eigenvalue weighted by molar-refractivity contribution is 5.83. The van der Waals surface area contributed by atoms with Gasteiger partial charge in [0, 0.05) is 13.1 Å². The van der Waals surface area contributed by atoms with E-state index < -0.39 is 0 Å². The molecule has 0 aromatic carbocycles. The summed E-state index contributed by atoms with van der Waals surface area (Å²) in [5, 5.41) is 2.75. The zero-order valence-corrected chi connectivity index (χ0v) is 7.75. The van der Waals surface area contributed by atoms with Crippen molar-refractivity contribution in [2.45, 2.75) is 19.4 Å². The average Bonchev–Trinajstić information content (AvgIpc) is 2.03. The number of nitrogens with zero attached hydrogens (tertiary/aromatic N) is 1. The van der Waals surface area contributed by atoms with Gasteiger partial charge in [0.2, 0.25) is 11.8 Å². The van der Waals surface area contributed by atoms with Crippen molar-refractivity contribution in [3.63, 3.8) is 0 Å². The molecule has 0 spiro atoms. The molecule has 13 heavy (non-hydrogen) atoms. The van der Waals surface area contributed by atoms with Gasteiger partial charge in [0.15, 0.2) is 0 Å². The van der Waals surface area contributed by atoms with Gasteiger partial charge in [0.1, 0.15) is 0 Å². The first-order valence-electron chi connectivity index (χ1n) is 4.45. The summed E-state index contributed by atoms with van der Waals surface area (Å²) in [5.74, 6) is -0.386. The number of piperazine rings is 1. The molecule has 0 aliphatic carbocycles. The van der Waals surface area contributed by atoms with Crippen molar-refractivity contribution >= 4 is 11.8 Å². The lowest BCUT2D eigenvalue weighted by Gasteiger charge is -2.33. The number of primary amides is 1. The van der Waals surface area contributed by atoms with Crippen LogP contribution in [-0.2, 0) is 9.59 Å². The van der Waals surface area contributed by atoms with Gasteiger partial charge < -0.3 is 11.1 Å². The third-order valence-electron chi connectivity index (χ3n) is 2.19. The van der Waals surface area contributed by atoms with Crippen molar-refractivity contribution in [2.75, 3.05) is 19.6 Å². The van der Waals surface area contributed by atoms with Crippen LogP contribution in [0.25, 0.3) is 0 Å². The first-order chi connectivity index (χ1) is 6.15. The minimum Gasteiger partial charge on any atom is -0.369 e. The predicted octanol–water partition coefficient (Wildman–Crippen LogP) is -1.32. The van der Waals surface area contributed by atoms with Crippen molar-refractivity contribution < 1.29 is 9.59 Å². The highest BCUT2D eigenvalue weighted by Gasteiger charge is 2.28. The Morgan fingerprint density at radius 3 is 3.00 bits per heavy atom. The quantitative estimate of drug-likeness (QED) is 0.572. The van der Waals surface area contributed by atoms with Gasteiger partial charge in [0.25, 0.3) is 0 Å². The zero-order valence-electron chi connectivity index (χ0n) is 7.75. The molecule has 5 heteroatoms. The largest absolute Gasteiger partial charge is 0.369 e. The Morgan fingerprint density at radius 1 is 1.77 bits per heavy atom. The Bertz CT molecular complexity index is 217. The average molecular weight is 185 g/mol. The fraction of sp³-hybridized carbons (Fsp3) is 0.750. The standard InChI is InChI=1S/C8H15N3O2/c1-2-6-8(13)10-3-4-11(6)5-7(9)12/h6H,2-5H2,1H3,(H2,9,12)(H,10,13). The third kappa shape index (κ3) is 2.42. The summed E-state index contributed by atoms with van der Waals surface area (Å²) in [5.41, 5.74) is 5.07. The van der Waals surface area contributed by atoms with E-state index in [0.717, 1.165) is 0 Å². The van der Waals surface area contributed by atoms with E-state index in [0.29, 0.717) is 19.5 Å². The second-order valence-electron chi connectivity index (χ2n) is 3.15. The SMILES string of the molecule is CCC1C(=O)NCCN1CC(N)=O. The van der Waals surface area contributed by atoms with E-state index in [1.54, 1.807) is 0 Å². The molecule has 3 N–H and O–H groups in total. The van der Waals surface area contributed by atoms with Crippen molar-refractivity contribution in [3.05, 3.63) is 0 Å². The van der Waals surface area contributed by atoms with Crippen LogP contribution in [0.4, 0.5) is 0 Å². The molecule has 1 fully saturated rings. The van der Waals surface area contributed by atoms with Gasteiger partial charge in [-0.25, -0.2) is 0 Å². The molecule has 1 unspecified atom stereocenters. The number of nitrogens with one attached hydrogen (secondary N) is 1. The summed E-state index contributed by atoms with van der Waals surface area (Å²) in [6, 6.07) is -0.193. The molecule has 5 nitrogen and oxygen atoms in total. The maximum atomic E-state index is 11.3. The lowest BCUT2D eigenvalue weighted by molar-refractivity contribution is -0.130. The van der Waals surface area contributed by atoms with E-state index in [1.807, 2.05) is 11.8 Å². The van der Waals surface area contributed by atoms with Gasteiger partial charge in [-0.1, -0.05) is 6.92 Å². The second-order valence-corrected chi connectivity index (χ2v) is 3.15. The third-order valence-corrected chi connectivity index (χ3v) is 2.19. The number of carbonyl (C=O) groups is 2. The highest BCUT2D eigenvalue weighted by Crippen LogP contribution is 2.06. The zero-order chi connectivity index (χ0) is 9.84. The molecular formula is C8H15N3O2. The minimum atomic E-state index is -0.381. The van der Waals surface area contributed by atoms with Gasteiger partial charge in [-0.15, -0.1) is 0 Å². The maximum Gasteiger partial charge on any atom is 0.237 e. The Kier molecular flexibility index (Phi) is 3.25. The summed E-state index contributed by atoms with van der Waals surface area (Å²) < 4.78 is 0. The summed E-state index contributed by atoms with van der Waals surface area (Å²) in [4.78, 5) is 23.8. The summed E-state index contributed by atoms with van der Waals surface area (Å²) in [7, 11) is 0. The molecule has 0 radical (unpaired) electrons. The smallest absolute Gasteiger partial charge is 0.237 e. The van der Waals surface area contributed by atoms with Crippen LogP contribution < -0.4 is 11.1 Å². The Morgan fingerprint density at radius 2 is 2.46 bits per heavy atom. The van der Waals surface area contributed by atoms with Crippen molar-refractivity contribution in [2.24, 2.45) is 5.73 Å².